The molecule has 4 heterocycles. The molecular weight excluding hydrogens is 1140 g/mol. The van der Waals surface area contributed by atoms with Crippen molar-refractivity contribution >= 4 is 60.7 Å². The van der Waals surface area contributed by atoms with E-state index < -0.39 is 18.0 Å². The third kappa shape index (κ3) is 9.70. The maximum atomic E-state index is 10.0. The average Bonchev–Trinajstić information content (AvgIpc) is 1.69. The Hall–Kier alpha value is -10.2. The molecule has 0 N–H and O–H groups in total. The minimum absolute atomic E-state index is 0.0376. The van der Waals surface area contributed by atoms with Gasteiger partial charge in [0.05, 0.1) is 48.7 Å². The lowest BCUT2D eigenvalue weighted by Gasteiger charge is -2.43. The van der Waals surface area contributed by atoms with E-state index in [4.69, 9.17) is 6.11 Å². The Morgan fingerprint density at radius 2 is 0.947 bits per heavy atom. The van der Waals surface area contributed by atoms with Crippen molar-refractivity contribution in [1.82, 2.24) is 9.13 Å². The Bertz CT molecular complexity index is 5680. The van der Waals surface area contributed by atoms with Gasteiger partial charge in [-0.1, -0.05) is 259 Å². The summed E-state index contributed by atoms with van der Waals surface area (Å²) < 4.78 is 78.6. The molecule has 14 aromatic rings. The molecule has 462 valence electrons. The van der Waals surface area contributed by atoms with Gasteiger partial charge in [-0.15, -0.1) is 0 Å². The Balaban J connectivity index is 1.12. The molecule has 0 amide bonds. The molecule has 1 unspecified atom stereocenters. The zero-order valence-electron chi connectivity index (χ0n) is 63.0. The molecule has 4 nitrogen and oxygen atoms in total. The minimum atomic E-state index is -0.462. The van der Waals surface area contributed by atoms with Crippen LogP contribution in [0.3, 0.4) is 0 Å². The van der Waals surface area contributed by atoms with Crippen molar-refractivity contribution in [3.8, 4) is 67.4 Å². The summed E-state index contributed by atoms with van der Waals surface area (Å²) in [6.45, 7) is 29.0. The van der Waals surface area contributed by atoms with Gasteiger partial charge < -0.3 is 18.8 Å². The molecule has 2 aromatic heterocycles. The molecule has 0 aliphatic carbocycles. The highest BCUT2D eigenvalue weighted by atomic mass is 16.5. The van der Waals surface area contributed by atoms with E-state index >= 15 is 0 Å². The van der Waals surface area contributed by atoms with Gasteiger partial charge in [0.1, 0.15) is 11.5 Å². The fourth-order valence-electron chi connectivity index (χ4n) is 14.6. The van der Waals surface area contributed by atoms with Crippen molar-refractivity contribution in [3.63, 3.8) is 0 Å². The number of para-hydroxylation sites is 3. The average molecular weight is 1230 g/mol. The number of hydrogen-bond donors (Lipinski definition) is 0. The third-order valence-electron chi connectivity index (χ3n) is 19.6. The summed E-state index contributed by atoms with van der Waals surface area (Å²) in [6, 6.07) is 72.9. The lowest BCUT2D eigenvalue weighted by atomic mass is 9.75. The zero-order valence-corrected chi connectivity index (χ0v) is 56.0. The normalized spacial score (nSPS) is 15.0. The number of hydrogen-bond acceptors (Lipinski definition) is 2. The quantitative estimate of drug-likeness (QED) is 0.159. The molecule has 4 heteroatoms. The Kier molecular flexibility index (Phi) is 11.7. The molecule has 16 rings (SSSR count). The van der Waals surface area contributed by atoms with E-state index in [1.807, 2.05) is 6.07 Å². The van der Waals surface area contributed by atoms with Crippen LogP contribution >= 0.6 is 0 Å². The van der Waals surface area contributed by atoms with Gasteiger partial charge in [-0.05, 0) is 168 Å². The van der Waals surface area contributed by atoms with Gasteiger partial charge in [-0.2, -0.15) is 0 Å². The van der Waals surface area contributed by atoms with E-state index in [1.54, 1.807) is 11.5 Å². The van der Waals surface area contributed by atoms with Crippen LogP contribution in [0.15, 0.2) is 249 Å². The van der Waals surface area contributed by atoms with E-state index in [0.717, 1.165) is 117 Å². The molecule has 0 saturated heterocycles. The standard InChI is InChI=1S/C90H81N3O/c1-55-37-40-69-68-33-23-25-35-74(68)92(76(69)43-55)67-39-41-71-77(53-67)93(86-72(56-27-17-14-18-28-56)54-79-84(82(86)57-29-19-15-20-30-57)70-34-24-26-36-75(70)91(79)66-31-21-16-22-32-66)78-49-61(60-46-64(89(8,9)10)52-65(47-60)90(11,12)13)50-81-85(78)83(71)73-48-58(38-42-80(73)94-81)59-44-62(87(2,3)4)51-63(45-59)88(5,6)7/h14-54,83H,1-13H3/i23D,25D,33D,35D,37D,40D,43D. The lowest BCUT2D eigenvalue weighted by Crippen LogP contribution is -2.26. The van der Waals surface area contributed by atoms with Gasteiger partial charge >= 0.3 is 0 Å². The monoisotopic (exact) mass is 1230 g/mol. The second-order valence-corrected chi connectivity index (χ2v) is 30.1. The van der Waals surface area contributed by atoms with Crippen LogP contribution in [0, 0.1) is 6.92 Å². The van der Waals surface area contributed by atoms with Crippen LogP contribution in [-0.4, -0.2) is 9.13 Å². The molecule has 0 saturated carbocycles. The minimum Gasteiger partial charge on any atom is -0.457 e. The smallest absolute Gasteiger partial charge is 0.134 e. The largest absolute Gasteiger partial charge is 0.457 e. The van der Waals surface area contributed by atoms with E-state index in [9.17, 15) is 8.22 Å². The third-order valence-corrected chi connectivity index (χ3v) is 19.6. The topological polar surface area (TPSA) is 22.3 Å². The summed E-state index contributed by atoms with van der Waals surface area (Å²) in [6.07, 6.45) is 0. The van der Waals surface area contributed by atoms with Crippen LogP contribution in [0.4, 0.5) is 17.1 Å². The number of nitrogens with zero attached hydrogens (tertiary/aromatic N) is 3. The number of fused-ring (bicyclic) bond motifs is 10. The maximum Gasteiger partial charge on any atom is 0.134 e. The summed E-state index contributed by atoms with van der Waals surface area (Å²) in [4.78, 5) is 2.46. The zero-order chi connectivity index (χ0) is 71.0. The van der Waals surface area contributed by atoms with Gasteiger partial charge in [0.25, 0.3) is 0 Å². The van der Waals surface area contributed by atoms with Crippen LogP contribution in [0.2, 0.25) is 0 Å². The summed E-state index contributed by atoms with van der Waals surface area (Å²) in [7, 11) is 0. The van der Waals surface area contributed by atoms with Crippen LogP contribution < -0.4 is 9.64 Å². The number of rotatable bonds is 7. The van der Waals surface area contributed by atoms with Gasteiger partial charge in [0, 0.05) is 61.1 Å². The number of benzene rings is 12. The Morgan fingerprint density at radius 1 is 0.383 bits per heavy atom. The maximum absolute atomic E-state index is 10.0. The number of ether oxygens (including phenoxy) is 1. The van der Waals surface area contributed by atoms with Crippen molar-refractivity contribution in [1.29, 1.82) is 0 Å². The van der Waals surface area contributed by atoms with Gasteiger partial charge in [0.15, 0.2) is 0 Å². The molecule has 0 fully saturated rings. The summed E-state index contributed by atoms with van der Waals surface area (Å²) in [5.41, 5.74) is 21.9. The van der Waals surface area contributed by atoms with Crippen LogP contribution in [0.25, 0.3) is 99.5 Å². The second-order valence-electron chi connectivity index (χ2n) is 30.1. The van der Waals surface area contributed by atoms with E-state index in [2.05, 4.69) is 293 Å². The molecule has 0 bridgehead atoms. The van der Waals surface area contributed by atoms with Crippen molar-refractivity contribution in [2.45, 2.75) is 118 Å². The Morgan fingerprint density at radius 3 is 1.60 bits per heavy atom. The van der Waals surface area contributed by atoms with Crippen LogP contribution in [0.1, 0.15) is 143 Å². The molecule has 0 spiro atoms. The summed E-state index contributed by atoms with van der Waals surface area (Å²) in [5, 5.41) is 2.33. The molecule has 1 atom stereocenters. The van der Waals surface area contributed by atoms with Crippen molar-refractivity contribution in [2.75, 3.05) is 4.90 Å². The molecule has 94 heavy (non-hydrogen) atoms. The summed E-state index contributed by atoms with van der Waals surface area (Å²) in [5.74, 6) is 0.986. The summed E-state index contributed by atoms with van der Waals surface area (Å²) >= 11 is 0. The van der Waals surface area contributed by atoms with E-state index in [-0.39, 0.29) is 79.2 Å². The highest BCUT2D eigenvalue weighted by Crippen LogP contribution is 2.63. The van der Waals surface area contributed by atoms with Gasteiger partial charge in [-0.25, -0.2) is 0 Å². The molecule has 2 aliphatic heterocycles. The molecule has 2 aliphatic rings. The van der Waals surface area contributed by atoms with E-state index in [0.29, 0.717) is 5.69 Å². The van der Waals surface area contributed by atoms with Crippen molar-refractivity contribution in [3.05, 3.63) is 293 Å². The highest BCUT2D eigenvalue weighted by Gasteiger charge is 2.43. The fraction of sp³-hybridized carbons (Fsp3) is 0.200. The molecule has 12 aromatic carbocycles. The predicted octanol–water partition coefficient (Wildman–Crippen LogP) is 25.1. The van der Waals surface area contributed by atoms with Crippen molar-refractivity contribution in [2.24, 2.45) is 0 Å². The van der Waals surface area contributed by atoms with Gasteiger partial charge in [0.2, 0.25) is 0 Å². The first-order valence-corrected chi connectivity index (χ1v) is 33.0. The first-order valence-electron chi connectivity index (χ1n) is 36.5. The Labute approximate surface area is 564 Å². The first-order chi connectivity index (χ1) is 48.0. The highest BCUT2D eigenvalue weighted by molar-refractivity contribution is 6.22. The van der Waals surface area contributed by atoms with Crippen LogP contribution in [0.5, 0.6) is 11.5 Å². The lowest BCUT2D eigenvalue weighted by molar-refractivity contribution is 0.453. The number of anilines is 3. The fourth-order valence-corrected chi connectivity index (χ4v) is 14.6. The second kappa shape index (κ2) is 21.4. The first kappa shape index (κ1) is 51.4. The molecular formula is C90H81N3O. The number of aromatic nitrogens is 2. The SMILES string of the molecule is [2H]c1c([2H])c([2H])c2c(c1[2H])c1c([2H])c([2H])c(C)c([2H])c1n2-c1ccc2c(c1)N(c1c(-c3ccccc3)cc3c(c1-c1ccccc1)c1ccccc1n3-c1ccccc1)c1cc(-c3cc(C(C)(C)C)cc(C(C)(C)C)c3)cc3c1C2c1cc(-c2cc(C(C)(C)C)cc(C(C)(C)C)c2)ccc1O3. The van der Waals surface area contributed by atoms with Crippen molar-refractivity contribution < 1.29 is 14.3 Å². The molecule has 0 radical (unpaired) electrons. The van der Waals surface area contributed by atoms with Gasteiger partial charge in [-0.3, -0.25) is 0 Å². The van der Waals surface area contributed by atoms with E-state index in [1.165, 1.54) is 22.3 Å². The van der Waals surface area contributed by atoms with Crippen LogP contribution in [-0.2, 0) is 21.7 Å². The predicted molar refractivity (Wildman–Crippen MR) is 399 cm³/mol.